The van der Waals surface area contributed by atoms with Gasteiger partial charge < -0.3 is 0 Å². The van der Waals surface area contributed by atoms with E-state index in [0.717, 1.165) is 3.97 Å². The van der Waals surface area contributed by atoms with Crippen molar-refractivity contribution in [3.8, 4) is 0 Å². The lowest BCUT2D eigenvalue weighted by Gasteiger charge is -2.07. The van der Waals surface area contributed by atoms with Crippen LogP contribution in [-0.4, -0.2) is 22.4 Å². The largest absolute Gasteiger partial charge is 0.269 e. The fourth-order valence-corrected chi connectivity index (χ4v) is 3.54. The predicted molar refractivity (Wildman–Crippen MR) is 76.3 cm³/mol. The van der Waals surface area contributed by atoms with E-state index >= 15 is 0 Å². The first-order valence-electron chi connectivity index (χ1n) is 5.82. The van der Waals surface area contributed by atoms with E-state index in [1.54, 1.807) is 31.2 Å². The molecule has 2 heterocycles. The Morgan fingerprint density at radius 1 is 1.10 bits per heavy atom. The quantitative estimate of drug-likeness (QED) is 0.683. The summed E-state index contributed by atoms with van der Waals surface area (Å²) in [6.45, 7) is 1.66. The summed E-state index contributed by atoms with van der Waals surface area (Å²) in [4.78, 5) is 8.39. The zero-order chi connectivity index (χ0) is 14.3. The van der Waals surface area contributed by atoms with Crippen LogP contribution in [0.2, 0.25) is 5.15 Å². The summed E-state index contributed by atoms with van der Waals surface area (Å²) >= 11 is 6.01. The van der Waals surface area contributed by atoms with Crippen LogP contribution in [0.1, 0.15) is 5.82 Å². The molecule has 7 heteroatoms. The summed E-state index contributed by atoms with van der Waals surface area (Å²) in [6.07, 6.45) is 1.44. The van der Waals surface area contributed by atoms with Gasteiger partial charge in [-0.1, -0.05) is 29.8 Å². The average Bonchev–Trinajstić information content (AvgIpc) is 2.84. The number of aryl methyl sites for hydroxylation is 1. The van der Waals surface area contributed by atoms with E-state index in [0.29, 0.717) is 11.2 Å². The van der Waals surface area contributed by atoms with Crippen LogP contribution in [0.15, 0.2) is 47.5 Å². The molecule has 0 atom stereocenters. The number of hydrogen-bond acceptors (Lipinski definition) is 4. The van der Waals surface area contributed by atoms with Crippen LogP contribution in [0.4, 0.5) is 0 Å². The Morgan fingerprint density at radius 2 is 1.80 bits per heavy atom. The van der Waals surface area contributed by atoms with Gasteiger partial charge in [0.05, 0.1) is 10.3 Å². The minimum absolute atomic E-state index is 0.199. The van der Waals surface area contributed by atoms with Crippen LogP contribution >= 0.6 is 11.6 Å². The molecule has 0 amide bonds. The third kappa shape index (κ3) is 1.97. The molecule has 0 bridgehead atoms. The highest BCUT2D eigenvalue weighted by atomic mass is 35.5. The monoisotopic (exact) mass is 307 g/mol. The van der Waals surface area contributed by atoms with Crippen LogP contribution < -0.4 is 0 Å². The second kappa shape index (κ2) is 4.57. The zero-order valence-corrected chi connectivity index (χ0v) is 12.1. The van der Waals surface area contributed by atoms with Gasteiger partial charge in [-0.25, -0.2) is 22.4 Å². The molecule has 0 radical (unpaired) electrons. The molecule has 0 aliphatic rings. The summed E-state index contributed by atoms with van der Waals surface area (Å²) in [6, 6.07) is 9.78. The summed E-state index contributed by atoms with van der Waals surface area (Å²) in [5.74, 6) is 0.422. The summed E-state index contributed by atoms with van der Waals surface area (Å²) in [7, 11) is -3.69. The maximum absolute atomic E-state index is 12.6. The van der Waals surface area contributed by atoms with Crippen molar-refractivity contribution < 1.29 is 8.42 Å². The van der Waals surface area contributed by atoms with Gasteiger partial charge in [0.1, 0.15) is 11.0 Å². The van der Waals surface area contributed by atoms with Crippen LogP contribution in [0, 0.1) is 6.92 Å². The summed E-state index contributed by atoms with van der Waals surface area (Å²) < 4.78 is 26.3. The lowest BCUT2D eigenvalue weighted by Crippen LogP contribution is -2.12. The fraction of sp³-hybridized carbons (Fsp3) is 0.0769. The van der Waals surface area contributed by atoms with Crippen molar-refractivity contribution >= 4 is 32.7 Å². The molecule has 0 saturated heterocycles. The van der Waals surface area contributed by atoms with Gasteiger partial charge in [-0.3, -0.25) is 0 Å². The zero-order valence-electron chi connectivity index (χ0n) is 10.5. The van der Waals surface area contributed by atoms with E-state index in [2.05, 4.69) is 9.97 Å². The Kier molecular flexibility index (Phi) is 2.99. The highest BCUT2D eigenvalue weighted by Crippen LogP contribution is 2.25. The smallest absolute Gasteiger partial charge is 0.224 e. The van der Waals surface area contributed by atoms with E-state index in [1.165, 1.54) is 18.3 Å². The van der Waals surface area contributed by atoms with Crippen molar-refractivity contribution in [2.24, 2.45) is 0 Å². The standard InChI is InChI=1S/C13H10ClN3O2S/c1-9-15-12(14)11-7-8-17(13(11)16-9)20(18,19)10-5-3-2-4-6-10/h2-8H,1H3. The molecule has 0 aliphatic carbocycles. The number of hydrogen-bond donors (Lipinski definition) is 0. The minimum Gasteiger partial charge on any atom is -0.224 e. The van der Waals surface area contributed by atoms with Gasteiger partial charge in [0.2, 0.25) is 0 Å². The van der Waals surface area contributed by atoms with E-state index in [1.807, 2.05) is 0 Å². The topological polar surface area (TPSA) is 64.8 Å². The molecular formula is C13H10ClN3O2S. The van der Waals surface area contributed by atoms with Crippen molar-refractivity contribution in [3.63, 3.8) is 0 Å². The highest BCUT2D eigenvalue weighted by Gasteiger charge is 2.20. The van der Waals surface area contributed by atoms with Gasteiger partial charge in [0.15, 0.2) is 5.65 Å². The maximum atomic E-state index is 12.6. The molecule has 0 saturated carbocycles. The number of benzene rings is 1. The molecule has 5 nitrogen and oxygen atoms in total. The van der Waals surface area contributed by atoms with Crippen molar-refractivity contribution in [3.05, 3.63) is 53.6 Å². The van der Waals surface area contributed by atoms with Gasteiger partial charge >= 0.3 is 0 Å². The third-order valence-corrected chi connectivity index (χ3v) is 4.84. The first-order valence-corrected chi connectivity index (χ1v) is 7.64. The van der Waals surface area contributed by atoms with Crippen molar-refractivity contribution in [1.29, 1.82) is 0 Å². The molecular weight excluding hydrogens is 298 g/mol. The first kappa shape index (κ1) is 13.1. The van der Waals surface area contributed by atoms with Gasteiger partial charge in [-0.05, 0) is 25.1 Å². The number of rotatable bonds is 2. The van der Waals surface area contributed by atoms with E-state index < -0.39 is 10.0 Å². The molecule has 2 aromatic heterocycles. The van der Waals surface area contributed by atoms with E-state index in [-0.39, 0.29) is 15.7 Å². The van der Waals surface area contributed by atoms with Gasteiger partial charge in [-0.2, -0.15) is 0 Å². The lowest BCUT2D eigenvalue weighted by molar-refractivity contribution is 0.588. The Labute approximate surface area is 120 Å². The number of fused-ring (bicyclic) bond motifs is 1. The molecule has 3 rings (SSSR count). The number of halogens is 1. The molecule has 0 aliphatic heterocycles. The molecule has 0 unspecified atom stereocenters. The van der Waals surface area contributed by atoms with Gasteiger partial charge in [0, 0.05) is 6.20 Å². The number of aromatic nitrogens is 3. The predicted octanol–water partition coefficient (Wildman–Crippen LogP) is 2.63. The Morgan fingerprint density at radius 3 is 2.50 bits per heavy atom. The molecule has 3 aromatic rings. The van der Waals surface area contributed by atoms with E-state index in [9.17, 15) is 8.42 Å². The lowest BCUT2D eigenvalue weighted by atomic mass is 10.4. The van der Waals surface area contributed by atoms with Gasteiger partial charge in [0.25, 0.3) is 10.0 Å². The van der Waals surface area contributed by atoms with Crippen LogP contribution in [0.3, 0.4) is 0 Å². The van der Waals surface area contributed by atoms with Crippen molar-refractivity contribution in [2.75, 3.05) is 0 Å². The third-order valence-electron chi connectivity index (χ3n) is 2.88. The second-order valence-corrected chi connectivity index (χ2v) is 6.40. The van der Waals surface area contributed by atoms with E-state index in [4.69, 9.17) is 11.6 Å². The summed E-state index contributed by atoms with van der Waals surface area (Å²) in [5.41, 5.74) is 0.284. The fourth-order valence-electron chi connectivity index (χ4n) is 1.96. The van der Waals surface area contributed by atoms with Crippen LogP contribution in [-0.2, 0) is 10.0 Å². The first-order chi connectivity index (χ1) is 9.50. The molecule has 0 spiro atoms. The Balaban J connectivity index is 2.31. The van der Waals surface area contributed by atoms with Crippen molar-refractivity contribution in [2.45, 2.75) is 11.8 Å². The normalized spacial score (nSPS) is 11.9. The molecule has 0 N–H and O–H groups in total. The molecule has 102 valence electrons. The minimum atomic E-state index is -3.69. The average molecular weight is 308 g/mol. The second-order valence-electron chi connectivity index (χ2n) is 4.23. The van der Waals surface area contributed by atoms with Crippen molar-refractivity contribution in [1.82, 2.24) is 13.9 Å². The highest BCUT2D eigenvalue weighted by molar-refractivity contribution is 7.90. The summed E-state index contributed by atoms with van der Waals surface area (Å²) in [5, 5.41) is 0.756. The Hall–Kier alpha value is -1.92. The van der Waals surface area contributed by atoms with Crippen LogP contribution in [0.5, 0.6) is 0 Å². The molecule has 0 fully saturated rings. The SMILES string of the molecule is Cc1nc(Cl)c2ccn(S(=O)(=O)c3ccccc3)c2n1. The van der Waals surface area contributed by atoms with Crippen LogP contribution in [0.25, 0.3) is 11.0 Å². The molecule has 1 aromatic carbocycles. The Bertz CT molecular complexity index is 889. The maximum Gasteiger partial charge on any atom is 0.269 e. The van der Waals surface area contributed by atoms with Gasteiger partial charge in [-0.15, -0.1) is 0 Å². The molecule has 20 heavy (non-hydrogen) atoms. The number of nitrogens with zero attached hydrogens (tertiary/aromatic N) is 3.